The Morgan fingerprint density at radius 2 is 1.65 bits per heavy atom. The van der Waals surface area contributed by atoms with Gasteiger partial charge in [-0.05, 0) is 50.5 Å². The van der Waals surface area contributed by atoms with Crippen LogP contribution in [0.15, 0.2) is 60.1 Å². The van der Waals surface area contributed by atoms with E-state index in [0.717, 1.165) is 23.8 Å². The van der Waals surface area contributed by atoms with E-state index in [2.05, 4.69) is 65.8 Å². The van der Waals surface area contributed by atoms with Crippen LogP contribution >= 0.6 is 11.3 Å². The largest absolute Gasteiger partial charge is 0.491 e. The molecule has 0 bridgehead atoms. The van der Waals surface area contributed by atoms with Crippen LogP contribution in [0.1, 0.15) is 42.9 Å². The number of nitrogens with one attached hydrogen (secondary N) is 1. The van der Waals surface area contributed by atoms with Crippen LogP contribution in [0.2, 0.25) is 0 Å². The second kappa shape index (κ2) is 8.86. The Labute approximate surface area is 160 Å². The summed E-state index contributed by atoms with van der Waals surface area (Å²) in [6.45, 7) is 7.11. The highest BCUT2D eigenvalue weighted by atomic mass is 32.1. The second-order valence-corrected chi connectivity index (χ2v) is 7.65. The molecule has 0 unspecified atom stereocenters. The third-order valence-corrected chi connectivity index (χ3v) is 5.01. The molecule has 0 fully saturated rings. The molecule has 136 valence electrons. The summed E-state index contributed by atoms with van der Waals surface area (Å²) in [5.41, 5.74) is 3.94. The second-order valence-electron chi connectivity index (χ2n) is 6.75. The van der Waals surface area contributed by atoms with Gasteiger partial charge < -0.3 is 10.1 Å². The van der Waals surface area contributed by atoms with Gasteiger partial charge in [0.1, 0.15) is 5.75 Å². The zero-order valence-electron chi connectivity index (χ0n) is 15.6. The SMILES string of the molecule is Cc1ccc([C@@H](CCNc2nccs2)c2ccc(OC(C)C)cc2)cc1. The first kappa shape index (κ1) is 18.5. The van der Waals surface area contributed by atoms with E-state index in [0.29, 0.717) is 5.92 Å². The fourth-order valence-corrected chi connectivity index (χ4v) is 3.57. The minimum absolute atomic E-state index is 0.191. The zero-order valence-corrected chi connectivity index (χ0v) is 16.4. The summed E-state index contributed by atoms with van der Waals surface area (Å²) in [4.78, 5) is 4.30. The lowest BCUT2D eigenvalue weighted by Crippen LogP contribution is -2.10. The molecule has 0 radical (unpaired) electrons. The lowest BCUT2D eigenvalue weighted by Gasteiger charge is -2.19. The van der Waals surface area contributed by atoms with Gasteiger partial charge in [-0.1, -0.05) is 42.0 Å². The molecule has 0 amide bonds. The smallest absolute Gasteiger partial charge is 0.182 e. The van der Waals surface area contributed by atoms with E-state index < -0.39 is 0 Å². The Bertz CT molecular complexity index is 780. The predicted molar refractivity (Wildman–Crippen MR) is 110 cm³/mol. The number of benzene rings is 2. The Hall–Kier alpha value is -2.33. The van der Waals surface area contributed by atoms with Gasteiger partial charge in [0.15, 0.2) is 5.13 Å². The minimum Gasteiger partial charge on any atom is -0.491 e. The van der Waals surface area contributed by atoms with Crippen LogP contribution in [0.25, 0.3) is 0 Å². The highest BCUT2D eigenvalue weighted by Crippen LogP contribution is 2.30. The lowest BCUT2D eigenvalue weighted by atomic mass is 9.88. The van der Waals surface area contributed by atoms with Gasteiger partial charge in [-0.25, -0.2) is 4.98 Å². The van der Waals surface area contributed by atoms with Crippen molar-refractivity contribution in [1.29, 1.82) is 0 Å². The number of aryl methyl sites for hydroxylation is 1. The van der Waals surface area contributed by atoms with Gasteiger partial charge in [-0.3, -0.25) is 0 Å². The van der Waals surface area contributed by atoms with Crippen molar-refractivity contribution in [3.63, 3.8) is 0 Å². The fraction of sp³-hybridized carbons (Fsp3) is 0.318. The van der Waals surface area contributed by atoms with E-state index in [4.69, 9.17) is 4.74 Å². The maximum atomic E-state index is 5.78. The molecule has 0 aliphatic heterocycles. The summed E-state index contributed by atoms with van der Waals surface area (Å²) in [6.07, 6.45) is 3.03. The first-order chi connectivity index (χ1) is 12.6. The van der Waals surface area contributed by atoms with Gasteiger partial charge in [-0.2, -0.15) is 0 Å². The summed E-state index contributed by atoms with van der Waals surface area (Å²) >= 11 is 1.64. The zero-order chi connectivity index (χ0) is 18.4. The van der Waals surface area contributed by atoms with E-state index in [-0.39, 0.29) is 6.10 Å². The molecule has 0 saturated carbocycles. The van der Waals surface area contributed by atoms with E-state index in [9.17, 15) is 0 Å². The predicted octanol–water partition coefficient (Wildman–Crippen LogP) is 5.87. The van der Waals surface area contributed by atoms with Gasteiger partial charge in [0.2, 0.25) is 0 Å². The van der Waals surface area contributed by atoms with E-state index >= 15 is 0 Å². The Balaban J connectivity index is 1.76. The molecular weight excluding hydrogens is 340 g/mol. The molecule has 3 rings (SSSR count). The van der Waals surface area contributed by atoms with E-state index in [1.165, 1.54) is 16.7 Å². The lowest BCUT2D eigenvalue weighted by molar-refractivity contribution is 0.242. The molecule has 0 aliphatic rings. The van der Waals surface area contributed by atoms with Crippen molar-refractivity contribution in [3.8, 4) is 5.75 Å². The van der Waals surface area contributed by atoms with Crippen molar-refractivity contribution in [3.05, 3.63) is 76.8 Å². The van der Waals surface area contributed by atoms with E-state index in [1.807, 2.05) is 25.4 Å². The molecule has 2 aromatic carbocycles. The number of anilines is 1. The van der Waals surface area contributed by atoms with Crippen molar-refractivity contribution in [1.82, 2.24) is 4.98 Å². The minimum atomic E-state index is 0.191. The first-order valence-electron chi connectivity index (χ1n) is 9.08. The Morgan fingerprint density at radius 3 is 2.23 bits per heavy atom. The average Bonchev–Trinajstić information content (AvgIpc) is 3.14. The maximum absolute atomic E-state index is 5.78. The fourth-order valence-electron chi connectivity index (χ4n) is 3.01. The maximum Gasteiger partial charge on any atom is 0.182 e. The number of thiazole rings is 1. The molecule has 0 aliphatic carbocycles. The van der Waals surface area contributed by atoms with Crippen LogP contribution in [0.3, 0.4) is 0 Å². The number of rotatable bonds is 8. The molecule has 0 saturated heterocycles. The molecular formula is C22H26N2OS. The Morgan fingerprint density at radius 1 is 1.00 bits per heavy atom. The van der Waals surface area contributed by atoms with Crippen LogP contribution in [-0.2, 0) is 0 Å². The monoisotopic (exact) mass is 366 g/mol. The number of hydrogen-bond acceptors (Lipinski definition) is 4. The molecule has 0 spiro atoms. The first-order valence-corrected chi connectivity index (χ1v) is 9.96. The van der Waals surface area contributed by atoms with Crippen molar-refractivity contribution in [2.24, 2.45) is 0 Å². The van der Waals surface area contributed by atoms with Crippen LogP contribution in [0, 0.1) is 6.92 Å². The third kappa shape index (κ3) is 5.09. The quantitative estimate of drug-likeness (QED) is 0.541. The van der Waals surface area contributed by atoms with Crippen molar-refractivity contribution in [2.75, 3.05) is 11.9 Å². The molecule has 1 heterocycles. The van der Waals surface area contributed by atoms with Gasteiger partial charge in [-0.15, -0.1) is 11.3 Å². The van der Waals surface area contributed by atoms with Gasteiger partial charge in [0.05, 0.1) is 6.10 Å². The normalized spacial score (nSPS) is 12.2. The van der Waals surface area contributed by atoms with Crippen LogP contribution < -0.4 is 10.1 Å². The standard InChI is InChI=1S/C22H26N2OS/c1-16(2)25-20-10-8-19(9-11-20)21(18-6-4-17(3)5-7-18)12-13-23-22-24-14-15-26-22/h4-11,14-16,21H,12-13H2,1-3H3,(H,23,24)/t21-/m1/s1. The molecule has 26 heavy (non-hydrogen) atoms. The molecule has 4 heteroatoms. The number of aromatic nitrogens is 1. The van der Waals surface area contributed by atoms with E-state index in [1.54, 1.807) is 11.3 Å². The van der Waals surface area contributed by atoms with Gasteiger partial charge >= 0.3 is 0 Å². The Kier molecular flexibility index (Phi) is 6.29. The molecule has 1 N–H and O–H groups in total. The number of hydrogen-bond donors (Lipinski definition) is 1. The molecule has 1 aromatic heterocycles. The third-order valence-electron chi connectivity index (χ3n) is 4.28. The summed E-state index contributed by atoms with van der Waals surface area (Å²) < 4.78 is 5.78. The average molecular weight is 367 g/mol. The van der Waals surface area contributed by atoms with Gasteiger partial charge in [0, 0.05) is 24.0 Å². The van der Waals surface area contributed by atoms with Crippen LogP contribution in [-0.4, -0.2) is 17.6 Å². The van der Waals surface area contributed by atoms with Crippen molar-refractivity contribution >= 4 is 16.5 Å². The highest BCUT2D eigenvalue weighted by molar-refractivity contribution is 7.13. The number of nitrogens with zero attached hydrogens (tertiary/aromatic N) is 1. The summed E-state index contributed by atoms with van der Waals surface area (Å²) in [5.74, 6) is 1.27. The topological polar surface area (TPSA) is 34.2 Å². The van der Waals surface area contributed by atoms with Crippen LogP contribution in [0.5, 0.6) is 5.75 Å². The number of ether oxygens (including phenoxy) is 1. The molecule has 1 atom stereocenters. The summed E-state index contributed by atoms with van der Waals surface area (Å²) in [5, 5.41) is 6.40. The van der Waals surface area contributed by atoms with Gasteiger partial charge in [0.25, 0.3) is 0 Å². The van der Waals surface area contributed by atoms with Crippen molar-refractivity contribution in [2.45, 2.75) is 39.2 Å². The summed E-state index contributed by atoms with van der Waals surface area (Å²) in [6, 6.07) is 17.4. The molecule has 3 nitrogen and oxygen atoms in total. The molecule has 3 aromatic rings. The van der Waals surface area contributed by atoms with Crippen LogP contribution in [0.4, 0.5) is 5.13 Å². The summed E-state index contributed by atoms with van der Waals surface area (Å²) in [7, 11) is 0. The van der Waals surface area contributed by atoms with Crippen molar-refractivity contribution < 1.29 is 4.74 Å². The highest BCUT2D eigenvalue weighted by Gasteiger charge is 2.14.